The first-order valence-corrected chi connectivity index (χ1v) is 10.1. The number of aromatic nitrogens is 2. The van der Waals surface area contributed by atoms with Gasteiger partial charge in [0.05, 0.1) is 12.1 Å². The first-order chi connectivity index (χ1) is 13.4. The van der Waals surface area contributed by atoms with Crippen LogP contribution in [-0.4, -0.2) is 35.3 Å². The molecule has 0 saturated carbocycles. The number of carbonyl (C=O) groups excluding carboxylic acids is 1. The molecule has 150 valence electrons. The highest BCUT2D eigenvalue weighted by Gasteiger charge is 2.26. The van der Waals surface area contributed by atoms with E-state index in [2.05, 4.69) is 20.4 Å². The maximum absolute atomic E-state index is 12.7. The largest absolute Gasteiger partial charge is 0.491 e. The number of anilines is 1. The Kier molecular flexibility index (Phi) is 6.73. The SMILES string of the molecule is CC(C)Oc1cccc([C@@H](C)NC(=O)C2CCN(c3ccc(Cl)nn3)CC2)c1. The Morgan fingerprint density at radius 1 is 1.18 bits per heavy atom. The highest BCUT2D eigenvalue weighted by atomic mass is 35.5. The van der Waals surface area contributed by atoms with Crippen molar-refractivity contribution in [1.29, 1.82) is 0 Å². The van der Waals surface area contributed by atoms with E-state index in [0.717, 1.165) is 43.1 Å². The van der Waals surface area contributed by atoms with Gasteiger partial charge in [0.1, 0.15) is 5.75 Å². The van der Waals surface area contributed by atoms with Gasteiger partial charge in [0.25, 0.3) is 0 Å². The standard InChI is InChI=1S/C21H27ClN4O2/c1-14(2)28-18-6-4-5-17(13-18)15(3)23-21(27)16-9-11-26(12-10-16)20-8-7-19(22)24-25-20/h4-8,13-16H,9-12H2,1-3H3,(H,23,27)/t15-/m1/s1. The van der Waals surface area contributed by atoms with Crippen LogP contribution in [0.1, 0.15) is 45.2 Å². The summed E-state index contributed by atoms with van der Waals surface area (Å²) >= 11 is 5.80. The quantitative estimate of drug-likeness (QED) is 0.790. The number of hydrogen-bond donors (Lipinski definition) is 1. The molecule has 0 unspecified atom stereocenters. The third-order valence-electron chi connectivity index (χ3n) is 4.90. The fourth-order valence-corrected chi connectivity index (χ4v) is 3.49. The zero-order valence-corrected chi connectivity index (χ0v) is 17.3. The second-order valence-corrected chi connectivity index (χ2v) is 7.83. The minimum Gasteiger partial charge on any atom is -0.491 e. The van der Waals surface area contributed by atoms with Crippen molar-refractivity contribution in [3.8, 4) is 5.75 Å². The van der Waals surface area contributed by atoms with Crippen LogP contribution in [-0.2, 0) is 4.79 Å². The molecule has 3 rings (SSSR count). The zero-order chi connectivity index (χ0) is 20.1. The van der Waals surface area contributed by atoms with Crippen molar-refractivity contribution in [3.05, 3.63) is 47.1 Å². The van der Waals surface area contributed by atoms with Crippen LogP contribution < -0.4 is 15.0 Å². The van der Waals surface area contributed by atoms with E-state index in [1.165, 1.54) is 0 Å². The van der Waals surface area contributed by atoms with E-state index >= 15 is 0 Å². The molecule has 2 heterocycles. The molecule has 1 N–H and O–H groups in total. The van der Waals surface area contributed by atoms with Crippen LogP contribution in [0, 0.1) is 5.92 Å². The number of nitrogens with one attached hydrogen (secondary N) is 1. The van der Waals surface area contributed by atoms with E-state index in [-0.39, 0.29) is 24.0 Å². The van der Waals surface area contributed by atoms with Crippen LogP contribution in [0.25, 0.3) is 0 Å². The molecule has 1 aliphatic rings. The number of rotatable bonds is 6. The van der Waals surface area contributed by atoms with Crippen molar-refractivity contribution < 1.29 is 9.53 Å². The van der Waals surface area contributed by atoms with Gasteiger partial charge in [-0.25, -0.2) is 0 Å². The molecular formula is C21H27ClN4O2. The molecule has 1 amide bonds. The highest BCUT2D eigenvalue weighted by molar-refractivity contribution is 6.29. The summed E-state index contributed by atoms with van der Waals surface area (Å²) in [5, 5.41) is 11.5. The van der Waals surface area contributed by atoms with Crippen LogP contribution >= 0.6 is 11.6 Å². The highest BCUT2D eigenvalue weighted by Crippen LogP contribution is 2.24. The summed E-state index contributed by atoms with van der Waals surface area (Å²) < 4.78 is 5.75. The minimum absolute atomic E-state index is 0.00839. The number of piperidine rings is 1. The molecular weight excluding hydrogens is 376 g/mol. The lowest BCUT2D eigenvalue weighted by atomic mass is 9.95. The Morgan fingerprint density at radius 2 is 1.93 bits per heavy atom. The molecule has 1 aromatic carbocycles. The summed E-state index contributed by atoms with van der Waals surface area (Å²) in [7, 11) is 0. The number of amides is 1. The lowest BCUT2D eigenvalue weighted by Crippen LogP contribution is -2.41. The zero-order valence-electron chi connectivity index (χ0n) is 16.6. The topological polar surface area (TPSA) is 67.3 Å². The Bertz CT molecular complexity index is 789. The number of carbonyl (C=O) groups is 1. The van der Waals surface area contributed by atoms with Gasteiger partial charge in [-0.05, 0) is 63.4 Å². The lowest BCUT2D eigenvalue weighted by molar-refractivity contribution is -0.126. The first kappa shape index (κ1) is 20.4. The smallest absolute Gasteiger partial charge is 0.223 e. The predicted molar refractivity (Wildman–Crippen MR) is 111 cm³/mol. The van der Waals surface area contributed by atoms with E-state index in [1.807, 2.05) is 51.1 Å². The third-order valence-corrected chi connectivity index (χ3v) is 5.10. The van der Waals surface area contributed by atoms with Crippen molar-refractivity contribution in [1.82, 2.24) is 15.5 Å². The van der Waals surface area contributed by atoms with Crippen molar-refractivity contribution in [2.45, 2.75) is 45.8 Å². The molecule has 0 bridgehead atoms. The van der Waals surface area contributed by atoms with E-state index < -0.39 is 0 Å². The first-order valence-electron chi connectivity index (χ1n) is 9.73. The van der Waals surface area contributed by atoms with Gasteiger partial charge in [-0.15, -0.1) is 10.2 Å². The summed E-state index contributed by atoms with van der Waals surface area (Å²) in [6.45, 7) is 7.56. The maximum atomic E-state index is 12.7. The predicted octanol–water partition coefficient (Wildman–Crippen LogP) is 4.01. The second kappa shape index (κ2) is 9.24. The van der Waals surface area contributed by atoms with Crippen molar-refractivity contribution in [2.75, 3.05) is 18.0 Å². The van der Waals surface area contributed by atoms with Crippen molar-refractivity contribution in [3.63, 3.8) is 0 Å². The Labute approximate surface area is 171 Å². The minimum atomic E-state index is -0.0663. The molecule has 1 fully saturated rings. The number of hydrogen-bond acceptors (Lipinski definition) is 5. The van der Waals surface area contributed by atoms with Crippen LogP contribution in [0.2, 0.25) is 5.15 Å². The molecule has 28 heavy (non-hydrogen) atoms. The summed E-state index contributed by atoms with van der Waals surface area (Å²) in [4.78, 5) is 14.9. The Hall–Kier alpha value is -2.34. The average Bonchev–Trinajstić information content (AvgIpc) is 2.68. The fraction of sp³-hybridized carbons (Fsp3) is 0.476. The molecule has 1 saturated heterocycles. The Balaban J connectivity index is 1.53. The summed E-state index contributed by atoms with van der Waals surface area (Å²) in [6, 6.07) is 11.4. The van der Waals surface area contributed by atoms with Gasteiger partial charge in [-0.2, -0.15) is 0 Å². The van der Waals surface area contributed by atoms with E-state index in [4.69, 9.17) is 16.3 Å². The fourth-order valence-electron chi connectivity index (χ4n) is 3.39. The van der Waals surface area contributed by atoms with Crippen molar-refractivity contribution >= 4 is 23.3 Å². The lowest BCUT2D eigenvalue weighted by Gasteiger charge is -2.32. The summed E-state index contributed by atoms with van der Waals surface area (Å²) in [5.74, 6) is 1.74. The number of benzene rings is 1. The molecule has 1 aliphatic heterocycles. The van der Waals surface area contributed by atoms with Crippen LogP contribution in [0.3, 0.4) is 0 Å². The van der Waals surface area contributed by atoms with Crippen LogP contribution in [0.15, 0.2) is 36.4 Å². The maximum Gasteiger partial charge on any atom is 0.223 e. The number of halogens is 1. The molecule has 1 atom stereocenters. The molecule has 2 aromatic rings. The van der Waals surface area contributed by atoms with Crippen molar-refractivity contribution in [2.24, 2.45) is 5.92 Å². The molecule has 7 heteroatoms. The summed E-state index contributed by atoms with van der Waals surface area (Å²) in [5.41, 5.74) is 1.04. The summed E-state index contributed by atoms with van der Waals surface area (Å²) in [6.07, 6.45) is 1.70. The number of nitrogens with zero attached hydrogens (tertiary/aromatic N) is 3. The third kappa shape index (κ3) is 5.35. The van der Waals surface area contributed by atoms with Gasteiger partial charge < -0.3 is 15.0 Å². The Morgan fingerprint density at radius 3 is 2.57 bits per heavy atom. The molecule has 1 aromatic heterocycles. The monoisotopic (exact) mass is 402 g/mol. The number of ether oxygens (including phenoxy) is 1. The van der Waals surface area contributed by atoms with E-state index in [1.54, 1.807) is 6.07 Å². The van der Waals surface area contributed by atoms with E-state index in [9.17, 15) is 4.79 Å². The molecule has 0 spiro atoms. The molecule has 6 nitrogen and oxygen atoms in total. The second-order valence-electron chi connectivity index (χ2n) is 7.44. The van der Waals surface area contributed by atoms with Gasteiger partial charge in [-0.3, -0.25) is 4.79 Å². The van der Waals surface area contributed by atoms with E-state index in [0.29, 0.717) is 5.15 Å². The molecule has 0 radical (unpaired) electrons. The normalized spacial score (nSPS) is 16.1. The van der Waals surface area contributed by atoms with Gasteiger partial charge in [0, 0.05) is 19.0 Å². The molecule has 0 aliphatic carbocycles. The van der Waals surface area contributed by atoms with Gasteiger partial charge >= 0.3 is 0 Å². The van der Waals surface area contributed by atoms with Gasteiger partial charge in [0.2, 0.25) is 5.91 Å². The van der Waals surface area contributed by atoms with Gasteiger partial charge in [-0.1, -0.05) is 23.7 Å². The van der Waals surface area contributed by atoms with Crippen LogP contribution in [0.4, 0.5) is 5.82 Å². The average molecular weight is 403 g/mol. The van der Waals surface area contributed by atoms with Gasteiger partial charge in [0.15, 0.2) is 11.0 Å². The van der Waals surface area contributed by atoms with Crippen LogP contribution in [0.5, 0.6) is 5.75 Å².